The summed E-state index contributed by atoms with van der Waals surface area (Å²) < 4.78 is 0. The summed E-state index contributed by atoms with van der Waals surface area (Å²) in [7, 11) is 0. The van der Waals surface area contributed by atoms with Crippen LogP contribution in [0.3, 0.4) is 0 Å². The maximum Gasteiger partial charge on any atom is 0.245 e. The Morgan fingerprint density at radius 1 is 1.15 bits per heavy atom. The molecule has 0 aliphatic carbocycles. The number of amides is 1. The average Bonchev–Trinajstić information content (AvgIpc) is 2.44. The summed E-state index contributed by atoms with van der Waals surface area (Å²) >= 11 is 6.03. The van der Waals surface area contributed by atoms with Gasteiger partial charge in [-0.2, -0.15) is 0 Å². The van der Waals surface area contributed by atoms with E-state index >= 15 is 0 Å². The molecule has 1 amide bonds. The van der Waals surface area contributed by atoms with Crippen molar-refractivity contribution in [2.45, 2.75) is 19.9 Å². The zero-order valence-electron chi connectivity index (χ0n) is 11.5. The minimum Gasteiger partial charge on any atom is -0.324 e. The van der Waals surface area contributed by atoms with Crippen LogP contribution in [0.25, 0.3) is 0 Å². The molecule has 0 spiro atoms. The van der Waals surface area contributed by atoms with Gasteiger partial charge in [0.2, 0.25) is 5.91 Å². The Hall–Kier alpha value is -1.84. The molecule has 3 N–H and O–H groups in total. The summed E-state index contributed by atoms with van der Waals surface area (Å²) in [5.41, 5.74) is 9.41. The van der Waals surface area contributed by atoms with Crippen LogP contribution < -0.4 is 11.1 Å². The van der Waals surface area contributed by atoms with Crippen LogP contribution in [0.1, 0.15) is 22.7 Å². The Morgan fingerprint density at radius 3 is 2.45 bits per heavy atom. The van der Waals surface area contributed by atoms with E-state index in [1.54, 1.807) is 18.2 Å². The van der Waals surface area contributed by atoms with Gasteiger partial charge in [-0.3, -0.25) is 4.79 Å². The number of carbonyl (C=O) groups is 1. The Kier molecular flexibility index (Phi) is 4.42. The van der Waals surface area contributed by atoms with E-state index in [0.29, 0.717) is 10.7 Å². The van der Waals surface area contributed by atoms with E-state index in [0.717, 1.165) is 16.7 Å². The molecule has 0 heterocycles. The lowest BCUT2D eigenvalue weighted by Crippen LogP contribution is -2.28. The molecule has 0 radical (unpaired) electrons. The Morgan fingerprint density at radius 2 is 1.80 bits per heavy atom. The lowest BCUT2D eigenvalue weighted by Gasteiger charge is -2.14. The quantitative estimate of drug-likeness (QED) is 0.907. The molecular formula is C16H17ClN2O. The zero-order chi connectivity index (χ0) is 14.7. The number of anilines is 1. The smallest absolute Gasteiger partial charge is 0.245 e. The average molecular weight is 289 g/mol. The monoisotopic (exact) mass is 288 g/mol. The van der Waals surface area contributed by atoms with E-state index in [4.69, 9.17) is 17.3 Å². The normalized spacial score (nSPS) is 12.0. The fraction of sp³-hybridized carbons (Fsp3) is 0.188. The van der Waals surface area contributed by atoms with Crippen LogP contribution in [0, 0.1) is 13.8 Å². The number of halogens is 1. The first-order valence-electron chi connectivity index (χ1n) is 6.37. The van der Waals surface area contributed by atoms with E-state index in [9.17, 15) is 4.79 Å². The molecule has 0 bridgehead atoms. The van der Waals surface area contributed by atoms with E-state index in [-0.39, 0.29) is 5.91 Å². The molecule has 0 aliphatic heterocycles. The van der Waals surface area contributed by atoms with Crippen molar-refractivity contribution in [1.29, 1.82) is 0 Å². The molecule has 3 nitrogen and oxygen atoms in total. The van der Waals surface area contributed by atoms with Crippen molar-refractivity contribution in [3.8, 4) is 0 Å². The largest absolute Gasteiger partial charge is 0.324 e. The maximum absolute atomic E-state index is 12.2. The Labute approximate surface area is 123 Å². The molecule has 20 heavy (non-hydrogen) atoms. The second-order valence-electron chi connectivity index (χ2n) is 4.79. The highest BCUT2D eigenvalue weighted by Crippen LogP contribution is 2.24. The molecule has 2 aromatic carbocycles. The van der Waals surface area contributed by atoms with Gasteiger partial charge in [0.05, 0.1) is 0 Å². The third-order valence-corrected chi connectivity index (χ3v) is 3.65. The van der Waals surface area contributed by atoms with Gasteiger partial charge in [0, 0.05) is 10.7 Å². The molecule has 0 aromatic heterocycles. The first kappa shape index (κ1) is 14.6. The fourth-order valence-electron chi connectivity index (χ4n) is 1.88. The molecule has 1 unspecified atom stereocenters. The van der Waals surface area contributed by atoms with Crippen molar-refractivity contribution in [2.24, 2.45) is 5.73 Å². The molecule has 2 aromatic rings. The molecule has 4 heteroatoms. The van der Waals surface area contributed by atoms with Gasteiger partial charge < -0.3 is 11.1 Å². The van der Waals surface area contributed by atoms with E-state index in [2.05, 4.69) is 5.32 Å². The summed E-state index contributed by atoms with van der Waals surface area (Å²) in [4.78, 5) is 12.2. The van der Waals surface area contributed by atoms with Gasteiger partial charge in [-0.25, -0.2) is 0 Å². The Balaban J connectivity index is 2.15. The lowest BCUT2D eigenvalue weighted by molar-refractivity contribution is -0.117. The number of hydrogen-bond acceptors (Lipinski definition) is 2. The Bertz CT molecular complexity index is 623. The predicted molar refractivity (Wildman–Crippen MR) is 82.9 cm³/mol. The number of carbonyl (C=O) groups excluding carboxylic acids is 1. The number of aryl methyl sites for hydroxylation is 1. The molecule has 2 rings (SSSR count). The number of nitrogens with two attached hydrogens (primary N) is 1. The molecule has 104 valence electrons. The minimum atomic E-state index is -0.700. The van der Waals surface area contributed by atoms with Crippen molar-refractivity contribution in [3.63, 3.8) is 0 Å². The van der Waals surface area contributed by atoms with Crippen molar-refractivity contribution in [1.82, 2.24) is 0 Å². The summed E-state index contributed by atoms with van der Waals surface area (Å²) in [5, 5.41) is 3.43. The SMILES string of the molecule is Cc1ccc(C(N)C(=O)Nc2cccc(Cl)c2C)cc1. The third kappa shape index (κ3) is 3.18. The molecule has 1 atom stereocenters. The number of hydrogen-bond donors (Lipinski definition) is 2. The van der Waals surface area contributed by atoms with Crippen molar-refractivity contribution in [2.75, 3.05) is 5.32 Å². The molecular weight excluding hydrogens is 272 g/mol. The van der Waals surface area contributed by atoms with Crippen LogP contribution in [0.5, 0.6) is 0 Å². The van der Waals surface area contributed by atoms with E-state index in [1.807, 2.05) is 38.1 Å². The number of rotatable bonds is 3. The topological polar surface area (TPSA) is 55.1 Å². The molecule has 0 fully saturated rings. The summed E-state index contributed by atoms with van der Waals surface area (Å²) in [6.07, 6.45) is 0. The van der Waals surface area contributed by atoms with Crippen molar-refractivity contribution < 1.29 is 4.79 Å². The highest BCUT2D eigenvalue weighted by molar-refractivity contribution is 6.31. The summed E-state index contributed by atoms with van der Waals surface area (Å²) in [6, 6.07) is 12.3. The van der Waals surface area contributed by atoms with Gasteiger partial charge in [0.15, 0.2) is 0 Å². The third-order valence-electron chi connectivity index (χ3n) is 3.24. The van der Waals surface area contributed by atoms with E-state index in [1.165, 1.54) is 0 Å². The van der Waals surface area contributed by atoms with Crippen LogP contribution in [-0.4, -0.2) is 5.91 Å². The minimum absolute atomic E-state index is 0.251. The van der Waals surface area contributed by atoms with Gasteiger partial charge in [0.25, 0.3) is 0 Å². The summed E-state index contributed by atoms with van der Waals surface area (Å²) in [6.45, 7) is 3.85. The van der Waals surface area contributed by atoms with Crippen LogP contribution in [0.15, 0.2) is 42.5 Å². The van der Waals surface area contributed by atoms with Gasteiger partial charge in [-0.15, -0.1) is 0 Å². The zero-order valence-corrected chi connectivity index (χ0v) is 12.2. The van der Waals surface area contributed by atoms with Gasteiger partial charge in [0.1, 0.15) is 6.04 Å². The second kappa shape index (κ2) is 6.07. The molecule has 0 saturated carbocycles. The van der Waals surface area contributed by atoms with Crippen LogP contribution in [0.4, 0.5) is 5.69 Å². The second-order valence-corrected chi connectivity index (χ2v) is 5.20. The highest BCUT2D eigenvalue weighted by Gasteiger charge is 2.16. The predicted octanol–water partition coefficient (Wildman–Crippen LogP) is 3.60. The first-order valence-corrected chi connectivity index (χ1v) is 6.75. The van der Waals surface area contributed by atoms with Gasteiger partial charge in [-0.1, -0.05) is 47.5 Å². The van der Waals surface area contributed by atoms with Gasteiger partial charge >= 0.3 is 0 Å². The first-order chi connectivity index (χ1) is 9.49. The highest BCUT2D eigenvalue weighted by atomic mass is 35.5. The van der Waals surface area contributed by atoms with Crippen LogP contribution in [0.2, 0.25) is 5.02 Å². The standard InChI is InChI=1S/C16H17ClN2O/c1-10-6-8-12(9-7-10)15(18)16(20)19-14-5-3-4-13(17)11(14)2/h3-9,15H,18H2,1-2H3,(H,19,20). The van der Waals surface area contributed by atoms with Crippen molar-refractivity contribution >= 4 is 23.2 Å². The van der Waals surface area contributed by atoms with Gasteiger partial charge in [-0.05, 0) is 37.1 Å². The lowest BCUT2D eigenvalue weighted by atomic mass is 10.0. The number of benzene rings is 2. The van der Waals surface area contributed by atoms with Crippen LogP contribution in [-0.2, 0) is 4.79 Å². The fourth-order valence-corrected chi connectivity index (χ4v) is 2.05. The maximum atomic E-state index is 12.2. The summed E-state index contributed by atoms with van der Waals surface area (Å²) in [5.74, 6) is -0.251. The number of nitrogens with one attached hydrogen (secondary N) is 1. The van der Waals surface area contributed by atoms with Crippen LogP contribution >= 0.6 is 11.6 Å². The molecule has 0 saturated heterocycles. The van der Waals surface area contributed by atoms with E-state index < -0.39 is 6.04 Å². The van der Waals surface area contributed by atoms with Crippen molar-refractivity contribution in [3.05, 3.63) is 64.2 Å². The molecule has 0 aliphatic rings.